The van der Waals surface area contributed by atoms with Crippen LogP contribution in [0, 0.1) is 13.8 Å². The number of benzene rings is 1. The number of nitrogens with one attached hydrogen (secondary N) is 2. The number of aromatic nitrogens is 2. The van der Waals surface area contributed by atoms with Gasteiger partial charge < -0.3 is 9.15 Å². The SMILES string of the molecule is C=CCOC(=O)c1ccccc1S(=O)(=O)NC(=O)Nc1nc(C)c2cc(C)oc2n1. The van der Waals surface area contributed by atoms with E-state index in [4.69, 9.17) is 9.15 Å². The Labute approximate surface area is 172 Å². The summed E-state index contributed by atoms with van der Waals surface area (Å²) < 4.78 is 37.4. The molecule has 0 aliphatic heterocycles. The molecule has 0 spiro atoms. The van der Waals surface area contributed by atoms with Crippen LogP contribution in [0.5, 0.6) is 0 Å². The zero-order chi connectivity index (χ0) is 21.9. The molecule has 10 nitrogen and oxygen atoms in total. The van der Waals surface area contributed by atoms with E-state index in [9.17, 15) is 18.0 Å². The Hall–Kier alpha value is -3.73. The number of aryl methyl sites for hydroxylation is 2. The molecule has 2 heterocycles. The molecule has 2 aromatic heterocycles. The van der Waals surface area contributed by atoms with Crippen LogP contribution >= 0.6 is 0 Å². The third-order valence-electron chi connectivity index (χ3n) is 3.89. The zero-order valence-corrected chi connectivity index (χ0v) is 16.9. The van der Waals surface area contributed by atoms with E-state index in [1.54, 1.807) is 19.9 Å². The van der Waals surface area contributed by atoms with Crippen molar-refractivity contribution < 1.29 is 27.2 Å². The Balaban J connectivity index is 1.81. The number of fused-ring (bicyclic) bond motifs is 1. The number of furan rings is 1. The average molecular weight is 430 g/mol. The molecule has 0 saturated carbocycles. The highest BCUT2D eigenvalue weighted by atomic mass is 32.2. The number of nitrogens with zero attached hydrogens (tertiary/aromatic N) is 2. The van der Waals surface area contributed by atoms with E-state index in [1.165, 1.54) is 30.3 Å². The number of carbonyl (C=O) groups excluding carboxylic acids is 2. The molecule has 30 heavy (non-hydrogen) atoms. The van der Waals surface area contributed by atoms with Gasteiger partial charge in [-0.2, -0.15) is 4.98 Å². The van der Waals surface area contributed by atoms with Crippen LogP contribution < -0.4 is 10.0 Å². The molecule has 0 aliphatic rings. The van der Waals surface area contributed by atoms with Crippen LogP contribution in [0.1, 0.15) is 21.8 Å². The molecule has 0 bridgehead atoms. The van der Waals surface area contributed by atoms with Gasteiger partial charge in [0.15, 0.2) is 0 Å². The Kier molecular flexibility index (Phi) is 5.83. The lowest BCUT2D eigenvalue weighted by atomic mass is 10.2. The number of amides is 2. The topological polar surface area (TPSA) is 140 Å². The van der Waals surface area contributed by atoms with Crippen molar-refractivity contribution in [2.45, 2.75) is 18.7 Å². The molecule has 0 unspecified atom stereocenters. The van der Waals surface area contributed by atoms with Gasteiger partial charge in [-0.05, 0) is 32.0 Å². The Morgan fingerprint density at radius 1 is 1.23 bits per heavy atom. The summed E-state index contributed by atoms with van der Waals surface area (Å²) in [5, 5.41) is 2.93. The number of rotatable bonds is 6. The minimum Gasteiger partial charge on any atom is -0.458 e. The quantitative estimate of drug-likeness (QED) is 0.449. The number of carbonyl (C=O) groups is 2. The predicted octanol–water partition coefficient (Wildman–Crippen LogP) is 2.69. The second kappa shape index (κ2) is 8.33. The summed E-state index contributed by atoms with van der Waals surface area (Å²) in [5.74, 6) is -0.388. The number of hydrogen-bond donors (Lipinski definition) is 2. The van der Waals surface area contributed by atoms with Crippen molar-refractivity contribution in [1.82, 2.24) is 14.7 Å². The van der Waals surface area contributed by atoms with Crippen LogP contribution in [0.25, 0.3) is 11.1 Å². The molecule has 2 N–H and O–H groups in total. The maximum absolute atomic E-state index is 12.7. The van der Waals surface area contributed by atoms with Crippen molar-refractivity contribution in [2.24, 2.45) is 0 Å². The summed E-state index contributed by atoms with van der Waals surface area (Å²) in [6.45, 7) is 6.77. The summed E-state index contributed by atoms with van der Waals surface area (Å²) in [4.78, 5) is 32.1. The number of esters is 1. The fraction of sp³-hybridized carbons (Fsp3) is 0.158. The van der Waals surface area contributed by atoms with Crippen molar-refractivity contribution in [2.75, 3.05) is 11.9 Å². The molecule has 2 amide bonds. The van der Waals surface area contributed by atoms with Gasteiger partial charge in [0.05, 0.1) is 16.6 Å². The van der Waals surface area contributed by atoms with Crippen molar-refractivity contribution in [1.29, 1.82) is 0 Å². The maximum Gasteiger partial charge on any atom is 0.339 e. The Morgan fingerprint density at radius 2 is 1.97 bits per heavy atom. The number of hydrogen-bond acceptors (Lipinski definition) is 8. The standard InChI is InChI=1S/C19H18N4O6S/c1-4-9-28-17(24)13-7-5-6-8-15(13)30(26,27)23-19(25)22-18-20-12(3)14-10-11(2)29-16(14)21-18/h4-8,10H,1,9H2,2-3H3,(H2,20,21,22,23,25). The van der Waals surface area contributed by atoms with Crippen molar-refractivity contribution in [3.05, 3.63) is 60.0 Å². The van der Waals surface area contributed by atoms with E-state index in [0.717, 1.165) is 0 Å². The van der Waals surface area contributed by atoms with Gasteiger partial charge in [0.1, 0.15) is 17.3 Å². The van der Waals surface area contributed by atoms with Gasteiger partial charge in [0.2, 0.25) is 11.7 Å². The van der Waals surface area contributed by atoms with Gasteiger partial charge in [-0.15, -0.1) is 0 Å². The van der Waals surface area contributed by atoms with Gasteiger partial charge in [-0.3, -0.25) is 5.32 Å². The minimum atomic E-state index is -4.40. The van der Waals surface area contributed by atoms with Gasteiger partial charge in [0.25, 0.3) is 10.0 Å². The van der Waals surface area contributed by atoms with Crippen LogP contribution in [0.2, 0.25) is 0 Å². The molecule has 1 aromatic carbocycles. The van der Waals surface area contributed by atoms with Crippen molar-refractivity contribution in [3.63, 3.8) is 0 Å². The fourth-order valence-electron chi connectivity index (χ4n) is 2.63. The highest BCUT2D eigenvalue weighted by Gasteiger charge is 2.25. The van der Waals surface area contributed by atoms with Crippen molar-refractivity contribution >= 4 is 39.1 Å². The summed E-state index contributed by atoms with van der Waals surface area (Å²) in [7, 11) is -4.40. The van der Waals surface area contributed by atoms with Gasteiger partial charge in [-0.25, -0.2) is 27.7 Å². The third kappa shape index (κ3) is 4.46. The van der Waals surface area contributed by atoms with E-state index >= 15 is 0 Å². The first kappa shape index (κ1) is 21.0. The lowest BCUT2D eigenvalue weighted by molar-refractivity contribution is 0.0545. The zero-order valence-electron chi connectivity index (χ0n) is 16.1. The first-order chi connectivity index (χ1) is 14.2. The number of sulfonamides is 1. The second-order valence-corrected chi connectivity index (χ2v) is 7.80. The van der Waals surface area contributed by atoms with Gasteiger partial charge in [-0.1, -0.05) is 24.8 Å². The van der Waals surface area contributed by atoms with Crippen LogP contribution in [-0.4, -0.2) is 37.0 Å². The van der Waals surface area contributed by atoms with E-state index < -0.39 is 26.9 Å². The molecule has 3 rings (SSSR count). The molecular weight excluding hydrogens is 412 g/mol. The minimum absolute atomic E-state index is 0.0907. The van der Waals surface area contributed by atoms with Crippen LogP contribution in [0.15, 0.2) is 52.3 Å². The van der Waals surface area contributed by atoms with Gasteiger partial charge >= 0.3 is 12.0 Å². The molecule has 0 saturated heterocycles. The molecule has 0 aliphatic carbocycles. The Morgan fingerprint density at radius 3 is 2.70 bits per heavy atom. The van der Waals surface area contributed by atoms with Crippen LogP contribution in [-0.2, 0) is 14.8 Å². The fourth-order valence-corrected chi connectivity index (χ4v) is 3.73. The number of urea groups is 1. The van der Waals surface area contributed by atoms with Gasteiger partial charge in [0, 0.05) is 0 Å². The summed E-state index contributed by atoms with van der Waals surface area (Å²) >= 11 is 0. The monoisotopic (exact) mass is 430 g/mol. The molecule has 0 radical (unpaired) electrons. The van der Waals surface area contributed by atoms with E-state index in [0.29, 0.717) is 16.8 Å². The molecule has 0 fully saturated rings. The van der Waals surface area contributed by atoms with Crippen LogP contribution in [0.3, 0.4) is 0 Å². The third-order valence-corrected chi connectivity index (χ3v) is 5.28. The summed E-state index contributed by atoms with van der Waals surface area (Å²) in [5.41, 5.74) is 0.581. The van der Waals surface area contributed by atoms with E-state index in [1.807, 2.05) is 4.72 Å². The molecule has 0 atom stereocenters. The Bertz CT molecular complexity index is 1250. The molecule has 11 heteroatoms. The van der Waals surface area contributed by atoms with Crippen molar-refractivity contribution in [3.8, 4) is 0 Å². The molecule has 156 valence electrons. The average Bonchev–Trinajstić information content (AvgIpc) is 3.06. The largest absolute Gasteiger partial charge is 0.458 e. The smallest absolute Gasteiger partial charge is 0.339 e. The lowest BCUT2D eigenvalue weighted by Gasteiger charge is -2.11. The first-order valence-electron chi connectivity index (χ1n) is 8.67. The maximum atomic E-state index is 12.7. The number of ether oxygens (including phenoxy) is 1. The normalized spacial score (nSPS) is 11.1. The highest BCUT2D eigenvalue weighted by molar-refractivity contribution is 7.90. The van der Waals surface area contributed by atoms with E-state index in [2.05, 4.69) is 21.9 Å². The van der Waals surface area contributed by atoms with E-state index in [-0.39, 0.29) is 23.8 Å². The molecule has 3 aromatic rings. The second-order valence-electron chi connectivity index (χ2n) is 6.15. The predicted molar refractivity (Wildman–Crippen MR) is 108 cm³/mol. The highest BCUT2D eigenvalue weighted by Crippen LogP contribution is 2.21. The van der Waals surface area contributed by atoms with Crippen LogP contribution in [0.4, 0.5) is 10.7 Å². The summed E-state index contributed by atoms with van der Waals surface area (Å²) in [6.07, 6.45) is 1.35. The summed E-state index contributed by atoms with van der Waals surface area (Å²) in [6, 6.07) is 5.99. The first-order valence-corrected chi connectivity index (χ1v) is 10.1. The lowest BCUT2D eigenvalue weighted by Crippen LogP contribution is -2.35. The molecular formula is C19H18N4O6S. The number of anilines is 1.